The first-order valence-corrected chi connectivity index (χ1v) is 10.5. The van der Waals surface area contributed by atoms with Gasteiger partial charge in [0.05, 0.1) is 11.8 Å². The summed E-state index contributed by atoms with van der Waals surface area (Å²) in [6.45, 7) is 2.27. The lowest BCUT2D eigenvalue weighted by atomic mass is 9.82. The maximum Gasteiger partial charge on any atom is 0.309 e. The van der Waals surface area contributed by atoms with Gasteiger partial charge in [0.2, 0.25) is 0 Å². The van der Waals surface area contributed by atoms with Crippen molar-refractivity contribution in [2.75, 3.05) is 0 Å². The number of esters is 2. The highest BCUT2D eigenvalue weighted by Crippen LogP contribution is 2.33. The summed E-state index contributed by atoms with van der Waals surface area (Å²) in [6.07, 6.45) is 13.4. The van der Waals surface area contributed by atoms with Crippen molar-refractivity contribution >= 4 is 11.9 Å². The molecule has 3 fully saturated rings. The molecule has 0 bridgehead atoms. The van der Waals surface area contributed by atoms with E-state index >= 15 is 0 Å². The van der Waals surface area contributed by atoms with Gasteiger partial charge in [-0.15, -0.1) is 0 Å². The molecule has 0 aromatic carbocycles. The molecule has 0 saturated heterocycles. The van der Waals surface area contributed by atoms with Crippen molar-refractivity contribution in [2.24, 2.45) is 17.8 Å². The van der Waals surface area contributed by atoms with Gasteiger partial charge in [-0.1, -0.05) is 13.3 Å². The van der Waals surface area contributed by atoms with E-state index < -0.39 is 0 Å². The minimum absolute atomic E-state index is 0.0125. The summed E-state index contributed by atoms with van der Waals surface area (Å²) in [5.41, 5.74) is 0. The van der Waals surface area contributed by atoms with Crippen molar-refractivity contribution in [1.82, 2.24) is 0 Å². The Balaban J connectivity index is 1.37. The molecule has 142 valence electrons. The summed E-state index contributed by atoms with van der Waals surface area (Å²) in [5, 5.41) is 0. The summed E-state index contributed by atoms with van der Waals surface area (Å²) in [7, 11) is 0. The molecule has 0 heterocycles. The molecule has 0 N–H and O–H groups in total. The van der Waals surface area contributed by atoms with Gasteiger partial charge in [-0.05, 0) is 83.0 Å². The topological polar surface area (TPSA) is 52.6 Å². The maximum absolute atomic E-state index is 12.4. The first kappa shape index (κ1) is 18.7. The second kappa shape index (κ2) is 9.05. The summed E-state index contributed by atoms with van der Waals surface area (Å²) in [6, 6.07) is 0. The van der Waals surface area contributed by atoms with Gasteiger partial charge in [0, 0.05) is 0 Å². The van der Waals surface area contributed by atoms with Gasteiger partial charge in [-0.2, -0.15) is 0 Å². The van der Waals surface area contributed by atoms with E-state index in [4.69, 9.17) is 9.47 Å². The van der Waals surface area contributed by atoms with Crippen molar-refractivity contribution in [2.45, 2.75) is 103 Å². The van der Waals surface area contributed by atoms with Gasteiger partial charge in [0.25, 0.3) is 0 Å². The van der Waals surface area contributed by atoms with Gasteiger partial charge < -0.3 is 9.47 Å². The van der Waals surface area contributed by atoms with Gasteiger partial charge in [0.15, 0.2) is 0 Å². The standard InChI is InChI=1S/C21H34O4/c1-15-7-13-19(14-8-15)25-21(23)17-11-9-16(10-12-17)20(22)24-18-5-3-2-4-6-18/h15-19H,2-14H2,1H3. The molecule has 0 aromatic heterocycles. The van der Waals surface area contributed by atoms with Crippen molar-refractivity contribution < 1.29 is 19.1 Å². The van der Waals surface area contributed by atoms with E-state index in [0.717, 1.165) is 70.1 Å². The smallest absolute Gasteiger partial charge is 0.309 e. The molecule has 4 nitrogen and oxygen atoms in total. The molecule has 0 atom stereocenters. The quantitative estimate of drug-likeness (QED) is 0.684. The van der Waals surface area contributed by atoms with Crippen molar-refractivity contribution in [3.05, 3.63) is 0 Å². The number of hydrogen-bond donors (Lipinski definition) is 0. The van der Waals surface area contributed by atoms with Crippen molar-refractivity contribution in [3.63, 3.8) is 0 Å². The Bertz CT molecular complexity index is 439. The molecule has 3 rings (SSSR count). The summed E-state index contributed by atoms with van der Waals surface area (Å²) < 4.78 is 11.4. The van der Waals surface area contributed by atoms with Crippen molar-refractivity contribution in [3.8, 4) is 0 Å². The molecule has 0 spiro atoms. The number of ether oxygens (including phenoxy) is 2. The maximum atomic E-state index is 12.4. The number of hydrogen-bond acceptors (Lipinski definition) is 4. The fourth-order valence-electron chi connectivity index (χ4n) is 4.62. The van der Waals surface area contributed by atoms with Crippen LogP contribution < -0.4 is 0 Å². The average molecular weight is 350 g/mol. The second-order valence-corrected chi connectivity index (χ2v) is 8.56. The van der Waals surface area contributed by atoms with Crippen LogP contribution >= 0.6 is 0 Å². The number of rotatable bonds is 4. The minimum atomic E-state index is -0.0290. The number of carbonyl (C=O) groups is 2. The van der Waals surface area contributed by atoms with Crippen LogP contribution in [0.2, 0.25) is 0 Å². The zero-order valence-corrected chi connectivity index (χ0v) is 15.7. The van der Waals surface area contributed by atoms with Gasteiger partial charge in [0.1, 0.15) is 12.2 Å². The summed E-state index contributed by atoms with van der Waals surface area (Å²) in [4.78, 5) is 24.8. The van der Waals surface area contributed by atoms with Gasteiger partial charge in [-0.25, -0.2) is 0 Å². The lowest BCUT2D eigenvalue weighted by Gasteiger charge is -2.31. The van der Waals surface area contributed by atoms with Crippen LogP contribution in [0.25, 0.3) is 0 Å². The monoisotopic (exact) mass is 350 g/mol. The Morgan fingerprint density at radius 2 is 1.04 bits per heavy atom. The van der Waals surface area contributed by atoms with E-state index in [9.17, 15) is 9.59 Å². The predicted molar refractivity (Wildman–Crippen MR) is 95.9 cm³/mol. The normalized spacial score (nSPS) is 34.3. The fraction of sp³-hybridized carbons (Fsp3) is 0.905. The Labute approximate surface area is 152 Å². The Hall–Kier alpha value is -1.06. The third-order valence-corrected chi connectivity index (χ3v) is 6.47. The number of carbonyl (C=O) groups excluding carboxylic acids is 2. The van der Waals surface area contributed by atoms with Gasteiger partial charge in [-0.3, -0.25) is 9.59 Å². The molecule has 3 aliphatic rings. The molecule has 25 heavy (non-hydrogen) atoms. The molecule has 4 heteroatoms. The summed E-state index contributed by atoms with van der Waals surface area (Å²) >= 11 is 0. The van der Waals surface area contributed by atoms with Crippen LogP contribution in [0.4, 0.5) is 0 Å². The molecule has 3 aliphatic carbocycles. The largest absolute Gasteiger partial charge is 0.462 e. The first-order chi connectivity index (χ1) is 12.1. The second-order valence-electron chi connectivity index (χ2n) is 8.56. The Morgan fingerprint density at radius 1 is 0.600 bits per heavy atom. The van der Waals surface area contributed by atoms with Gasteiger partial charge >= 0.3 is 11.9 Å². The molecular weight excluding hydrogens is 316 g/mol. The average Bonchev–Trinajstić information content (AvgIpc) is 2.64. The molecule has 0 aromatic rings. The van der Waals surface area contributed by atoms with E-state index in [1.54, 1.807) is 0 Å². The highest BCUT2D eigenvalue weighted by molar-refractivity contribution is 5.75. The summed E-state index contributed by atoms with van der Waals surface area (Å²) in [5.74, 6) is 0.679. The third kappa shape index (κ3) is 5.46. The van der Waals surface area contributed by atoms with E-state index in [2.05, 4.69) is 6.92 Å². The van der Waals surface area contributed by atoms with Crippen LogP contribution in [0.15, 0.2) is 0 Å². The van der Waals surface area contributed by atoms with Crippen LogP contribution in [0.3, 0.4) is 0 Å². The zero-order chi connectivity index (χ0) is 17.6. The van der Waals surface area contributed by atoms with Crippen LogP contribution in [-0.4, -0.2) is 24.1 Å². The lowest BCUT2D eigenvalue weighted by molar-refractivity contribution is -0.162. The zero-order valence-electron chi connectivity index (χ0n) is 15.7. The van der Waals surface area contributed by atoms with E-state index in [0.29, 0.717) is 0 Å². The molecule has 0 radical (unpaired) electrons. The van der Waals surface area contributed by atoms with Crippen LogP contribution in [-0.2, 0) is 19.1 Å². The van der Waals surface area contributed by atoms with Crippen LogP contribution in [0, 0.1) is 17.8 Å². The SMILES string of the molecule is CC1CCC(OC(=O)C2CCC(C(=O)OC3CCCCC3)CC2)CC1. The predicted octanol–water partition coefficient (Wildman–Crippen LogP) is 4.79. The molecule has 0 aliphatic heterocycles. The lowest BCUT2D eigenvalue weighted by Crippen LogP contribution is -2.33. The Kier molecular flexibility index (Phi) is 6.77. The molecule has 3 saturated carbocycles. The molecular formula is C21H34O4. The highest BCUT2D eigenvalue weighted by Gasteiger charge is 2.34. The highest BCUT2D eigenvalue weighted by atomic mass is 16.5. The fourth-order valence-corrected chi connectivity index (χ4v) is 4.62. The third-order valence-electron chi connectivity index (χ3n) is 6.47. The molecule has 0 amide bonds. The first-order valence-electron chi connectivity index (χ1n) is 10.5. The van der Waals surface area contributed by atoms with Crippen LogP contribution in [0.5, 0.6) is 0 Å². The minimum Gasteiger partial charge on any atom is -0.462 e. The van der Waals surface area contributed by atoms with E-state index in [-0.39, 0.29) is 36.0 Å². The van der Waals surface area contributed by atoms with Crippen molar-refractivity contribution in [1.29, 1.82) is 0 Å². The van der Waals surface area contributed by atoms with E-state index in [1.165, 1.54) is 19.3 Å². The van der Waals surface area contributed by atoms with Crippen LogP contribution in [0.1, 0.15) is 90.4 Å². The molecule has 0 unspecified atom stereocenters. The Morgan fingerprint density at radius 3 is 1.52 bits per heavy atom. The van der Waals surface area contributed by atoms with E-state index in [1.807, 2.05) is 0 Å².